The predicted octanol–water partition coefficient (Wildman–Crippen LogP) is 2.67. The van der Waals surface area contributed by atoms with Gasteiger partial charge in [-0.3, -0.25) is 0 Å². The molecule has 0 saturated carbocycles. The van der Waals surface area contributed by atoms with Crippen LogP contribution in [0, 0.1) is 0 Å². The zero-order valence-corrected chi connectivity index (χ0v) is 17.4. The third-order valence-electron chi connectivity index (χ3n) is 2.99. The van der Waals surface area contributed by atoms with Gasteiger partial charge in [0.25, 0.3) is 0 Å². The molecule has 6 N–H and O–H groups in total. The van der Waals surface area contributed by atoms with Gasteiger partial charge in [-0.15, -0.1) is 0 Å². The van der Waals surface area contributed by atoms with Crippen molar-refractivity contribution in [1.29, 1.82) is 0 Å². The van der Waals surface area contributed by atoms with Gasteiger partial charge in [0, 0.05) is 32.8 Å². The molecular weight excluding hydrogens is 351 g/mol. The van der Waals surface area contributed by atoms with E-state index in [1.165, 1.54) is 38.5 Å². The molecule has 4 nitrogen and oxygen atoms in total. The van der Waals surface area contributed by atoms with Crippen molar-refractivity contribution < 1.29 is 47.1 Å². The van der Waals surface area contributed by atoms with Crippen LogP contribution < -0.4 is 0 Å². The molecule has 0 aliphatic rings. The van der Waals surface area contributed by atoms with Gasteiger partial charge in [0.15, 0.2) is 8.32 Å². The fourth-order valence-corrected chi connectivity index (χ4v) is 5.68. The Hall–Kier alpha value is 0.940. The van der Waals surface area contributed by atoms with Crippen LogP contribution in [0.2, 0.25) is 18.1 Å². The summed E-state index contributed by atoms with van der Waals surface area (Å²) in [6.07, 6.45) is 7.39. The van der Waals surface area contributed by atoms with Gasteiger partial charge in [-0.2, -0.15) is 0 Å². The third-order valence-corrected chi connectivity index (χ3v) is 6.84. The summed E-state index contributed by atoms with van der Waals surface area (Å²) in [6.45, 7) is 8.58. The third kappa shape index (κ3) is 24.0. The predicted molar refractivity (Wildman–Crippen MR) is 87.1 cm³/mol. The number of aliphatic hydroxyl groups excluding tert-OH is 1. The molecule has 126 valence electrons. The first-order chi connectivity index (χ1) is 8.10. The van der Waals surface area contributed by atoms with E-state index in [1.54, 1.807) is 6.92 Å². The van der Waals surface area contributed by atoms with Crippen LogP contribution >= 0.6 is 0 Å². The van der Waals surface area contributed by atoms with Crippen LogP contribution in [0.5, 0.6) is 0 Å². The number of hydrogen-bond donors (Lipinski definition) is 2. The van der Waals surface area contributed by atoms with Crippen molar-refractivity contribution in [2.24, 2.45) is 0 Å². The van der Waals surface area contributed by atoms with E-state index in [9.17, 15) is 4.80 Å². The van der Waals surface area contributed by atoms with Crippen LogP contribution in [-0.4, -0.2) is 35.8 Å². The van der Waals surface area contributed by atoms with E-state index in [0.29, 0.717) is 0 Å². The van der Waals surface area contributed by atoms with E-state index in [1.807, 2.05) is 0 Å². The second-order valence-electron chi connectivity index (χ2n) is 4.85. The first kappa shape index (κ1) is 32.8. The second-order valence-corrected chi connectivity index (χ2v) is 8.80. The van der Waals surface area contributed by atoms with Gasteiger partial charge in [0.1, 0.15) is 0 Å². The van der Waals surface area contributed by atoms with E-state index in [-0.39, 0.29) is 43.8 Å². The normalized spacial score (nSPS) is 9.30. The van der Waals surface area contributed by atoms with Gasteiger partial charge >= 0.3 is 0 Å². The summed E-state index contributed by atoms with van der Waals surface area (Å²) in [5, 5.41) is 7.57. The van der Waals surface area contributed by atoms with Crippen molar-refractivity contribution in [3.63, 3.8) is 0 Å². The van der Waals surface area contributed by atoms with Crippen LogP contribution in [-0.2, 0) is 26.2 Å². The molecule has 0 bridgehead atoms. The molecular formula is C14H38O4SiZr. The molecule has 0 aromatic rings. The summed E-state index contributed by atoms with van der Waals surface area (Å²) in [5.74, 6) is 0. The molecule has 6 heteroatoms. The van der Waals surface area contributed by atoms with Gasteiger partial charge < -0.3 is 20.9 Å². The molecule has 0 unspecified atom stereocenters. The molecule has 20 heavy (non-hydrogen) atoms. The maximum atomic E-state index is 10.5. The summed E-state index contributed by atoms with van der Waals surface area (Å²) in [7, 11) is -1.81. The fraction of sp³-hybridized carbons (Fsp3) is 1.00. The molecule has 0 aliphatic carbocycles. The minimum absolute atomic E-state index is 0. The van der Waals surface area contributed by atoms with Crippen LogP contribution in [0.15, 0.2) is 0 Å². The molecule has 0 aromatic carbocycles. The van der Waals surface area contributed by atoms with E-state index in [2.05, 4.69) is 20.8 Å². The average Bonchev–Trinajstić information content (AvgIpc) is 2.33. The van der Waals surface area contributed by atoms with Crippen molar-refractivity contribution in [2.45, 2.75) is 84.4 Å². The standard InChI is InChI=1S/C12H28OSi.C2H6O.2H2O.Zr/c1-4-7-10-14(13,11-8-5-2)12-9-6-3;1-2-3;;;/h13H,4-12H2,1-3H3;3H,2H2,1H3;2*1H2;. The number of rotatable bonds is 9. The van der Waals surface area contributed by atoms with Gasteiger partial charge in [-0.25, -0.2) is 0 Å². The smallest absolute Gasteiger partial charge is 0.188 e. The summed E-state index contributed by atoms with van der Waals surface area (Å²) in [4.78, 5) is 10.5. The Labute approximate surface area is 146 Å². The topological polar surface area (TPSA) is 103 Å². The van der Waals surface area contributed by atoms with Crippen molar-refractivity contribution in [3.05, 3.63) is 0 Å². The van der Waals surface area contributed by atoms with E-state index < -0.39 is 8.32 Å². The van der Waals surface area contributed by atoms with Crippen LogP contribution in [0.1, 0.15) is 66.2 Å². The fourth-order valence-electron chi connectivity index (χ4n) is 1.89. The van der Waals surface area contributed by atoms with Crippen molar-refractivity contribution in [2.75, 3.05) is 6.61 Å². The Morgan fingerprint density at radius 1 is 0.700 bits per heavy atom. The van der Waals surface area contributed by atoms with Crippen LogP contribution in [0.3, 0.4) is 0 Å². The van der Waals surface area contributed by atoms with E-state index in [4.69, 9.17) is 5.11 Å². The molecule has 0 rings (SSSR count). The van der Waals surface area contributed by atoms with Gasteiger partial charge in [-0.05, 0) is 25.1 Å². The first-order valence-corrected chi connectivity index (χ1v) is 10.00. The monoisotopic (exact) mass is 388 g/mol. The van der Waals surface area contributed by atoms with Crippen molar-refractivity contribution >= 4 is 8.32 Å². The maximum absolute atomic E-state index is 10.5. The molecule has 0 saturated heterocycles. The summed E-state index contributed by atoms with van der Waals surface area (Å²) in [5.41, 5.74) is 0. The van der Waals surface area contributed by atoms with Gasteiger partial charge in [0.2, 0.25) is 0 Å². The Kier molecular flexibility index (Phi) is 40.8. The minimum atomic E-state index is -1.81. The minimum Gasteiger partial charge on any atom is -0.432 e. The molecule has 0 spiro atoms. The van der Waals surface area contributed by atoms with E-state index >= 15 is 0 Å². The quantitative estimate of drug-likeness (QED) is 0.592. The first-order valence-electron chi connectivity index (χ1n) is 7.43. The summed E-state index contributed by atoms with van der Waals surface area (Å²) < 4.78 is 0. The number of aliphatic hydroxyl groups is 1. The van der Waals surface area contributed by atoms with E-state index in [0.717, 1.165) is 18.1 Å². The molecule has 0 aliphatic heterocycles. The Balaban J connectivity index is -0.000000114. The summed E-state index contributed by atoms with van der Waals surface area (Å²) in [6, 6.07) is 3.43. The largest absolute Gasteiger partial charge is 0.432 e. The number of unbranched alkanes of at least 4 members (excludes halogenated alkanes) is 3. The molecule has 0 amide bonds. The zero-order valence-electron chi connectivity index (χ0n) is 14.0. The zero-order chi connectivity index (χ0) is 13.6. The van der Waals surface area contributed by atoms with Gasteiger partial charge in [-0.1, -0.05) is 59.3 Å². The Bertz CT molecular complexity index is 129. The summed E-state index contributed by atoms with van der Waals surface area (Å²) >= 11 is 0. The average molecular weight is 390 g/mol. The molecule has 0 heterocycles. The number of hydrogen-bond acceptors (Lipinski definition) is 2. The maximum Gasteiger partial charge on any atom is 0.188 e. The Morgan fingerprint density at radius 2 is 0.900 bits per heavy atom. The molecule has 0 atom stereocenters. The molecule has 0 aromatic heterocycles. The second kappa shape index (κ2) is 24.9. The van der Waals surface area contributed by atoms with Crippen LogP contribution in [0.4, 0.5) is 0 Å². The van der Waals surface area contributed by atoms with Gasteiger partial charge in [0.05, 0.1) is 0 Å². The SMILES string of the molecule is CCCC[Si](O)(CCCC)CCCC.CCO.O.O.[Zr]. The Morgan fingerprint density at radius 3 is 1.05 bits per heavy atom. The van der Waals surface area contributed by atoms with Crippen LogP contribution in [0.25, 0.3) is 0 Å². The molecule has 0 radical (unpaired) electrons. The molecule has 0 fully saturated rings. The van der Waals surface area contributed by atoms with Crippen molar-refractivity contribution in [1.82, 2.24) is 0 Å². The van der Waals surface area contributed by atoms with Crippen molar-refractivity contribution in [3.8, 4) is 0 Å².